The van der Waals surface area contributed by atoms with Crippen molar-refractivity contribution in [3.63, 3.8) is 0 Å². The third-order valence-corrected chi connectivity index (χ3v) is 2.21. The second-order valence-corrected chi connectivity index (χ2v) is 3.81. The van der Waals surface area contributed by atoms with Gasteiger partial charge in [0.25, 0.3) is 0 Å². The van der Waals surface area contributed by atoms with Crippen LogP contribution in [0.15, 0.2) is 24.3 Å². The second-order valence-electron chi connectivity index (χ2n) is 2.94. The first-order valence-corrected chi connectivity index (χ1v) is 5.37. The number of hydrogen-bond acceptors (Lipinski definition) is 3. The summed E-state index contributed by atoms with van der Waals surface area (Å²) in [6.07, 6.45) is -4.59. The van der Waals surface area contributed by atoms with Gasteiger partial charge in [-0.25, -0.2) is 4.39 Å². The van der Waals surface area contributed by atoms with Gasteiger partial charge in [0.05, 0.1) is 6.61 Å². The average molecular weight is 272 g/mol. The molecule has 1 aromatic carbocycles. The molecule has 0 amide bonds. The van der Waals surface area contributed by atoms with Crippen molar-refractivity contribution in [2.45, 2.75) is 12.8 Å². The van der Waals surface area contributed by atoms with Crippen LogP contribution in [0.1, 0.15) is 5.56 Å². The van der Waals surface area contributed by atoms with E-state index in [1.165, 1.54) is 18.2 Å². The van der Waals surface area contributed by atoms with E-state index in [-0.39, 0.29) is 5.56 Å². The molecule has 1 rings (SSSR count). The monoisotopic (exact) mass is 272 g/mol. The van der Waals surface area contributed by atoms with Crippen LogP contribution >= 0.6 is 0 Å². The van der Waals surface area contributed by atoms with Crippen molar-refractivity contribution < 1.29 is 30.1 Å². The van der Waals surface area contributed by atoms with E-state index in [1.807, 2.05) is 0 Å². The molecule has 0 aromatic heterocycles. The number of rotatable bonds is 5. The van der Waals surface area contributed by atoms with E-state index in [9.17, 15) is 21.8 Å². The molecule has 0 fully saturated rings. The molecule has 0 bridgehead atoms. The zero-order chi connectivity index (χ0) is 12.9. The Morgan fingerprint density at radius 3 is 2.41 bits per heavy atom. The van der Waals surface area contributed by atoms with Gasteiger partial charge in [0, 0.05) is 5.56 Å². The number of hydrogen-bond donors (Lipinski definition) is 0. The molecule has 0 aliphatic carbocycles. The molecular weight excluding hydrogens is 264 g/mol. The molecule has 0 saturated heterocycles. The van der Waals surface area contributed by atoms with Gasteiger partial charge < -0.3 is 0 Å². The Kier molecular flexibility index (Phi) is 5.03. The van der Waals surface area contributed by atoms with Gasteiger partial charge >= 0.3 is 17.5 Å². The molecule has 0 aliphatic heterocycles. The quantitative estimate of drug-likeness (QED) is 0.772. The smallest absolute Gasteiger partial charge is 0.264 e. The molecule has 0 heterocycles. The molecule has 96 valence electrons. The molecule has 17 heavy (non-hydrogen) atoms. The van der Waals surface area contributed by atoms with Crippen molar-refractivity contribution >= 4 is 11.4 Å². The molecule has 1 atom stereocenters. The van der Waals surface area contributed by atoms with Crippen molar-refractivity contribution in [1.82, 2.24) is 0 Å². The summed E-state index contributed by atoms with van der Waals surface area (Å²) < 4.78 is 67.1. The highest BCUT2D eigenvalue weighted by atomic mass is 32.2. The van der Waals surface area contributed by atoms with Gasteiger partial charge in [-0.3, -0.25) is 8.37 Å². The average Bonchev–Trinajstić information content (AvgIpc) is 2.24. The lowest BCUT2D eigenvalue weighted by Crippen LogP contribution is -2.18. The lowest BCUT2D eigenvalue weighted by atomic mass is 10.2. The van der Waals surface area contributed by atoms with Crippen molar-refractivity contribution in [3.8, 4) is 0 Å². The molecule has 0 N–H and O–H groups in total. The molecular formula is C9H8F4O3S. The van der Waals surface area contributed by atoms with Gasteiger partial charge in [-0.1, -0.05) is 18.2 Å². The number of halogens is 4. The molecule has 0 saturated carbocycles. The van der Waals surface area contributed by atoms with Gasteiger partial charge in [-0.15, -0.1) is 0 Å². The van der Waals surface area contributed by atoms with Gasteiger partial charge in [0.15, 0.2) is 6.61 Å². The molecule has 0 aliphatic rings. The van der Waals surface area contributed by atoms with Crippen LogP contribution in [-0.2, 0) is 26.3 Å². The standard InChI is InChI=1S/C9H8F4O3S/c10-8-4-2-1-3-7(8)5-15-17(14)16-6-9(11,12)13/h1-4H,5-6H2. The van der Waals surface area contributed by atoms with E-state index in [0.29, 0.717) is 0 Å². The normalized spacial score (nSPS) is 13.6. The van der Waals surface area contributed by atoms with E-state index in [1.54, 1.807) is 0 Å². The maximum absolute atomic E-state index is 13.0. The first-order chi connectivity index (χ1) is 7.88. The summed E-state index contributed by atoms with van der Waals surface area (Å²) >= 11 is -2.56. The minimum absolute atomic E-state index is 0.0801. The van der Waals surface area contributed by atoms with Crippen LogP contribution in [0.2, 0.25) is 0 Å². The Morgan fingerprint density at radius 2 is 1.82 bits per heavy atom. The summed E-state index contributed by atoms with van der Waals surface area (Å²) in [6, 6.07) is 5.46. The maximum atomic E-state index is 13.0. The molecule has 8 heteroatoms. The molecule has 1 unspecified atom stereocenters. The summed E-state index contributed by atoms with van der Waals surface area (Å²) in [5.74, 6) is -0.597. The van der Waals surface area contributed by atoms with Crippen LogP contribution in [0, 0.1) is 5.82 Å². The molecule has 3 nitrogen and oxygen atoms in total. The Hall–Kier alpha value is -0.990. The fourth-order valence-electron chi connectivity index (χ4n) is 0.876. The predicted molar refractivity (Wildman–Crippen MR) is 51.3 cm³/mol. The minimum Gasteiger partial charge on any atom is -0.264 e. The molecule has 1 aromatic rings. The highest BCUT2D eigenvalue weighted by Crippen LogP contribution is 2.16. The highest BCUT2D eigenvalue weighted by molar-refractivity contribution is 7.75. The Balaban J connectivity index is 2.36. The van der Waals surface area contributed by atoms with Gasteiger partial charge in [-0.2, -0.15) is 17.4 Å². The topological polar surface area (TPSA) is 35.5 Å². The summed E-state index contributed by atoms with van der Waals surface area (Å²) in [5.41, 5.74) is 0.0801. The first-order valence-electron chi connectivity index (χ1n) is 4.37. The van der Waals surface area contributed by atoms with Gasteiger partial charge in [-0.05, 0) is 6.07 Å². The second kappa shape index (κ2) is 6.08. The summed E-state index contributed by atoms with van der Waals surface area (Å²) in [7, 11) is 0. The SMILES string of the molecule is O=S(OCc1ccccc1F)OCC(F)(F)F. The van der Waals surface area contributed by atoms with E-state index in [0.717, 1.165) is 6.07 Å². The van der Waals surface area contributed by atoms with Crippen LogP contribution < -0.4 is 0 Å². The van der Waals surface area contributed by atoms with E-state index >= 15 is 0 Å². The summed E-state index contributed by atoms with van der Waals surface area (Å²) in [5, 5.41) is 0. The Labute approximate surface area is 97.2 Å². The zero-order valence-electron chi connectivity index (χ0n) is 8.37. The summed E-state index contributed by atoms with van der Waals surface area (Å²) in [6.45, 7) is -2.12. The lowest BCUT2D eigenvalue weighted by Gasteiger charge is -2.07. The fraction of sp³-hybridized carbons (Fsp3) is 0.333. The van der Waals surface area contributed by atoms with Crippen LogP contribution in [0.4, 0.5) is 17.6 Å². The molecule has 0 radical (unpaired) electrons. The van der Waals surface area contributed by atoms with Gasteiger partial charge in [0.2, 0.25) is 0 Å². The van der Waals surface area contributed by atoms with E-state index in [4.69, 9.17) is 0 Å². The van der Waals surface area contributed by atoms with Crippen molar-refractivity contribution in [2.75, 3.05) is 6.61 Å². The third kappa shape index (κ3) is 5.76. The number of alkyl halides is 3. The van der Waals surface area contributed by atoms with Crippen LogP contribution in [-0.4, -0.2) is 17.0 Å². The fourth-order valence-corrected chi connectivity index (χ4v) is 1.40. The van der Waals surface area contributed by atoms with E-state index < -0.39 is 36.6 Å². The predicted octanol–water partition coefficient (Wildman–Crippen LogP) is 2.50. The summed E-state index contributed by atoms with van der Waals surface area (Å²) in [4.78, 5) is 0. The highest BCUT2D eigenvalue weighted by Gasteiger charge is 2.29. The molecule has 0 spiro atoms. The lowest BCUT2D eigenvalue weighted by molar-refractivity contribution is -0.153. The van der Waals surface area contributed by atoms with Crippen LogP contribution in [0.3, 0.4) is 0 Å². The zero-order valence-corrected chi connectivity index (χ0v) is 9.18. The Morgan fingerprint density at radius 1 is 1.18 bits per heavy atom. The van der Waals surface area contributed by atoms with Crippen LogP contribution in [0.5, 0.6) is 0 Å². The largest absolute Gasteiger partial charge is 0.413 e. The van der Waals surface area contributed by atoms with Crippen LogP contribution in [0.25, 0.3) is 0 Å². The van der Waals surface area contributed by atoms with E-state index in [2.05, 4.69) is 8.37 Å². The number of benzene rings is 1. The van der Waals surface area contributed by atoms with Gasteiger partial charge in [0.1, 0.15) is 5.82 Å². The van der Waals surface area contributed by atoms with Crippen molar-refractivity contribution in [3.05, 3.63) is 35.6 Å². The van der Waals surface area contributed by atoms with Crippen molar-refractivity contribution in [2.24, 2.45) is 0 Å². The van der Waals surface area contributed by atoms with Crippen molar-refractivity contribution in [1.29, 1.82) is 0 Å². The minimum atomic E-state index is -4.59. The first kappa shape index (κ1) is 14.1. The maximum Gasteiger partial charge on any atom is 0.413 e. The Bertz CT molecular complexity index is 394. The third-order valence-electron chi connectivity index (χ3n) is 1.59.